The molecule has 2 aromatic carbocycles. The highest BCUT2D eigenvalue weighted by Crippen LogP contribution is 2.17. The molecule has 5 nitrogen and oxygen atoms in total. The topological polar surface area (TPSA) is 83.8 Å². The second kappa shape index (κ2) is 10.9. The van der Waals surface area contributed by atoms with Gasteiger partial charge < -0.3 is 14.9 Å². The van der Waals surface area contributed by atoms with E-state index in [1.54, 1.807) is 48.5 Å². The molecule has 5 heteroatoms. The van der Waals surface area contributed by atoms with Crippen LogP contribution in [0.3, 0.4) is 0 Å². The normalized spacial score (nSPS) is 10.9. The van der Waals surface area contributed by atoms with Gasteiger partial charge in [-0.05, 0) is 55.2 Å². The zero-order valence-electron chi connectivity index (χ0n) is 15.1. The third-order valence-corrected chi connectivity index (χ3v) is 4.03. The standard InChI is InChI=1S/C22H24O5/c23-15-3-1-2-4-16-27-20-12-10-19(11-13-20)22(26)18-8-5-17(6-9-18)7-14-21(24)25/h5-14,23H,1-4,15-16H2,(H,24,25). The summed E-state index contributed by atoms with van der Waals surface area (Å²) in [6, 6.07) is 13.8. The first kappa shape index (κ1) is 20.4. The smallest absolute Gasteiger partial charge is 0.328 e. The molecule has 2 aromatic rings. The fourth-order valence-electron chi connectivity index (χ4n) is 2.54. The zero-order chi connectivity index (χ0) is 19.5. The van der Waals surface area contributed by atoms with Crippen molar-refractivity contribution in [1.29, 1.82) is 0 Å². The van der Waals surface area contributed by atoms with Gasteiger partial charge >= 0.3 is 5.97 Å². The van der Waals surface area contributed by atoms with Crippen LogP contribution in [0.15, 0.2) is 54.6 Å². The first-order valence-electron chi connectivity index (χ1n) is 8.99. The van der Waals surface area contributed by atoms with E-state index in [9.17, 15) is 9.59 Å². The van der Waals surface area contributed by atoms with Gasteiger partial charge in [0, 0.05) is 23.8 Å². The van der Waals surface area contributed by atoms with Crippen LogP contribution in [0.2, 0.25) is 0 Å². The summed E-state index contributed by atoms with van der Waals surface area (Å²) in [5.41, 5.74) is 1.83. The molecule has 142 valence electrons. The lowest BCUT2D eigenvalue weighted by atomic mass is 10.0. The molecule has 0 atom stereocenters. The predicted molar refractivity (Wildman–Crippen MR) is 104 cm³/mol. The number of unbranched alkanes of at least 4 members (excludes halogenated alkanes) is 3. The number of aliphatic hydroxyl groups excluding tert-OH is 1. The molecule has 0 saturated carbocycles. The SMILES string of the molecule is O=C(O)C=Cc1ccc(C(=O)c2ccc(OCCCCCCO)cc2)cc1. The first-order chi connectivity index (χ1) is 13.1. The van der Waals surface area contributed by atoms with Crippen LogP contribution in [0.4, 0.5) is 0 Å². The van der Waals surface area contributed by atoms with Crippen molar-refractivity contribution in [1.82, 2.24) is 0 Å². The number of ether oxygens (including phenoxy) is 1. The van der Waals surface area contributed by atoms with Crippen LogP contribution in [0.1, 0.15) is 47.2 Å². The highest BCUT2D eigenvalue weighted by molar-refractivity contribution is 6.09. The summed E-state index contributed by atoms with van der Waals surface area (Å²) >= 11 is 0. The van der Waals surface area contributed by atoms with E-state index in [-0.39, 0.29) is 12.4 Å². The number of carboxylic acid groups (broad SMARTS) is 1. The van der Waals surface area contributed by atoms with Gasteiger partial charge in [0.2, 0.25) is 0 Å². The Kier molecular flexibility index (Phi) is 8.26. The van der Waals surface area contributed by atoms with Gasteiger partial charge in [-0.25, -0.2) is 4.79 Å². The molecule has 0 aliphatic carbocycles. The fourth-order valence-corrected chi connectivity index (χ4v) is 2.54. The second-order valence-electron chi connectivity index (χ2n) is 6.13. The molecular formula is C22H24O5. The molecule has 0 amide bonds. The minimum Gasteiger partial charge on any atom is -0.494 e. The number of benzene rings is 2. The van der Waals surface area contributed by atoms with Gasteiger partial charge in [-0.2, -0.15) is 0 Å². The highest BCUT2D eigenvalue weighted by Gasteiger charge is 2.09. The van der Waals surface area contributed by atoms with E-state index in [1.165, 1.54) is 6.08 Å². The van der Waals surface area contributed by atoms with Gasteiger partial charge in [0.25, 0.3) is 0 Å². The van der Waals surface area contributed by atoms with Crippen LogP contribution >= 0.6 is 0 Å². The third kappa shape index (κ3) is 7.07. The van der Waals surface area contributed by atoms with Crippen molar-refractivity contribution in [3.8, 4) is 5.75 Å². The largest absolute Gasteiger partial charge is 0.494 e. The molecular weight excluding hydrogens is 344 g/mol. The Bertz CT molecular complexity index is 760. The van der Waals surface area contributed by atoms with Crippen molar-refractivity contribution in [2.75, 3.05) is 13.2 Å². The third-order valence-electron chi connectivity index (χ3n) is 4.03. The summed E-state index contributed by atoms with van der Waals surface area (Å²) in [4.78, 5) is 23.0. The average Bonchev–Trinajstić information content (AvgIpc) is 2.69. The van der Waals surface area contributed by atoms with Crippen LogP contribution in [-0.4, -0.2) is 35.2 Å². The van der Waals surface area contributed by atoms with Crippen molar-refractivity contribution in [2.45, 2.75) is 25.7 Å². The lowest BCUT2D eigenvalue weighted by molar-refractivity contribution is -0.131. The van der Waals surface area contributed by atoms with E-state index in [4.69, 9.17) is 14.9 Å². The maximum Gasteiger partial charge on any atom is 0.328 e. The molecule has 0 bridgehead atoms. The zero-order valence-corrected chi connectivity index (χ0v) is 15.1. The Morgan fingerprint density at radius 2 is 1.44 bits per heavy atom. The minimum absolute atomic E-state index is 0.0979. The van der Waals surface area contributed by atoms with Crippen molar-refractivity contribution < 1.29 is 24.5 Å². The van der Waals surface area contributed by atoms with Crippen LogP contribution in [0.5, 0.6) is 5.75 Å². The summed E-state index contributed by atoms with van der Waals surface area (Å²) in [5, 5.41) is 17.4. The molecule has 0 radical (unpaired) electrons. The summed E-state index contributed by atoms with van der Waals surface area (Å²) < 4.78 is 5.66. The summed E-state index contributed by atoms with van der Waals surface area (Å²) in [5.74, 6) is -0.384. The van der Waals surface area contributed by atoms with E-state index in [2.05, 4.69) is 0 Å². The van der Waals surface area contributed by atoms with Gasteiger partial charge in [-0.3, -0.25) is 4.79 Å². The number of hydrogen-bond donors (Lipinski definition) is 2. The lowest BCUT2D eigenvalue weighted by Gasteiger charge is -2.07. The summed E-state index contributed by atoms with van der Waals surface area (Å²) in [6.45, 7) is 0.849. The van der Waals surface area contributed by atoms with Crippen LogP contribution < -0.4 is 4.74 Å². The molecule has 0 aliphatic rings. The lowest BCUT2D eigenvalue weighted by Crippen LogP contribution is -2.02. The molecule has 0 aliphatic heterocycles. The molecule has 0 unspecified atom stereocenters. The Balaban J connectivity index is 1.88. The Hall–Kier alpha value is -2.92. The van der Waals surface area contributed by atoms with Gasteiger partial charge in [-0.1, -0.05) is 30.7 Å². The number of carbonyl (C=O) groups is 2. The van der Waals surface area contributed by atoms with Gasteiger partial charge in [0.1, 0.15) is 5.75 Å². The van der Waals surface area contributed by atoms with Crippen LogP contribution in [0.25, 0.3) is 6.08 Å². The summed E-state index contributed by atoms with van der Waals surface area (Å²) in [7, 11) is 0. The van der Waals surface area contributed by atoms with Crippen LogP contribution in [-0.2, 0) is 4.79 Å². The highest BCUT2D eigenvalue weighted by atomic mass is 16.5. The Morgan fingerprint density at radius 3 is 2.04 bits per heavy atom. The van der Waals surface area contributed by atoms with E-state index in [1.807, 2.05) is 0 Å². The van der Waals surface area contributed by atoms with Gasteiger partial charge in [-0.15, -0.1) is 0 Å². The number of hydrogen-bond acceptors (Lipinski definition) is 4. The Labute approximate surface area is 158 Å². The van der Waals surface area contributed by atoms with E-state index < -0.39 is 5.97 Å². The maximum atomic E-state index is 12.5. The van der Waals surface area contributed by atoms with Crippen molar-refractivity contribution >= 4 is 17.8 Å². The monoisotopic (exact) mass is 368 g/mol. The second-order valence-corrected chi connectivity index (χ2v) is 6.13. The quantitative estimate of drug-likeness (QED) is 0.356. The molecule has 0 spiro atoms. The fraction of sp³-hybridized carbons (Fsp3) is 0.273. The average molecular weight is 368 g/mol. The van der Waals surface area contributed by atoms with Gasteiger partial charge in [0.05, 0.1) is 6.61 Å². The number of rotatable bonds is 11. The summed E-state index contributed by atoms with van der Waals surface area (Å²) in [6.07, 6.45) is 6.32. The molecule has 0 heterocycles. The van der Waals surface area contributed by atoms with Crippen molar-refractivity contribution in [3.05, 3.63) is 71.3 Å². The van der Waals surface area contributed by atoms with E-state index in [0.29, 0.717) is 17.7 Å². The number of carbonyl (C=O) groups excluding carboxylic acids is 1. The van der Waals surface area contributed by atoms with E-state index in [0.717, 1.165) is 43.1 Å². The van der Waals surface area contributed by atoms with Crippen LogP contribution in [0, 0.1) is 0 Å². The van der Waals surface area contributed by atoms with Crippen molar-refractivity contribution in [3.63, 3.8) is 0 Å². The van der Waals surface area contributed by atoms with Crippen molar-refractivity contribution in [2.24, 2.45) is 0 Å². The molecule has 27 heavy (non-hydrogen) atoms. The van der Waals surface area contributed by atoms with E-state index >= 15 is 0 Å². The first-order valence-corrected chi connectivity index (χ1v) is 8.99. The number of carboxylic acids is 1. The number of aliphatic carboxylic acids is 1. The van der Waals surface area contributed by atoms with Gasteiger partial charge in [0.15, 0.2) is 5.78 Å². The molecule has 0 aromatic heterocycles. The molecule has 0 fully saturated rings. The Morgan fingerprint density at radius 1 is 0.852 bits per heavy atom. The molecule has 2 rings (SSSR count). The molecule has 0 saturated heterocycles. The number of aliphatic hydroxyl groups is 1. The molecule has 2 N–H and O–H groups in total. The maximum absolute atomic E-state index is 12.5. The predicted octanol–water partition coefficient (Wildman–Crippen LogP) is 3.95. The minimum atomic E-state index is -1.01. The number of ketones is 1.